The maximum Gasteiger partial charge on any atom is 0.277 e. The molecule has 2 aromatic rings. The molecule has 0 fully saturated rings. The summed E-state index contributed by atoms with van der Waals surface area (Å²) in [5, 5.41) is 21.6. The second-order valence-electron chi connectivity index (χ2n) is 4.39. The quantitative estimate of drug-likeness (QED) is 0.461. The fourth-order valence-electron chi connectivity index (χ4n) is 1.83. The summed E-state index contributed by atoms with van der Waals surface area (Å²) in [6.45, 7) is 0. The molecule has 0 radical (unpaired) electrons. The first kappa shape index (κ1) is 15.9. The van der Waals surface area contributed by atoms with E-state index in [0.717, 1.165) is 0 Å². The van der Waals surface area contributed by atoms with Gasteiger partial charge in [-0.3, -0.25) is 20.2 Å². The highest BCUT2D eigenvalue weighted by molar-refractivity contribution is 5.68. The molecule has 2 rings (SSSR count). The van der Waals surface area contributed by atoms with E-state index in [1.807, 2.05) is 0 Å². The Kier molecular flexibility index (Phi) is 5.19. The zero-order valence-electron chi connectivity index (χ0n) is 11.9. The van der Waals surface area contributed by atoms with E-state index >= 15 is 0 Å². The maximum absolute atomic E-state index is 10.8. The average Bonchev–Trinajstić information content (AvgIpc) is 2.54. The fraction of sp³-hybridized carbons (Fsp3) is 0. The third kappa shape index (κ3) is 4.78. The van der Waals surface area contributed by atoms with Crippen LogP contribution in [0.5, 0.6) is 0 Å². The maximum atomic E-state index is 10.8. The number of nitrogens with zero attached hydrogens (tertiary/aromatic N) is 2. The summed E-state index contributed by atoms with van der Waals surface area (Å²) < 4.78 is 5.48. The lowest BCUT2D eigenvalue weighted by atomic mass is 10.1. The summed E-state index contributed by atoms with van der Waals surface area (Å²) in [6.07, 6.45) is 1.35. The van der Waals surface area contributed by atoms with Crippen LogP contribution in [0.4, 0.5) is 0 Å². The molecule has 0 aliphatic heterocycles. The van der Waals surface area contributed by atoms with Gasteiger partial charge in [-0.15, -0.1) is 0 Å². The summed E-state index contributed by atoms with van der Waals surface area (Å²) >= 11 is 0. The first-order valence-electron chi connectivity index (χ1n) is 6.55. The van der Waals surface area contributed by atoms with Crippen molar-refractivity contribution in [3.05, 3.63) is 104 Å². The van der Waals surface area contributed by atoms with Crippen molar-refractivity contribution in [2.45, 2.75) is 0 Å². The summed E-state index contributed by atoms with van der Waals surface area (Å²) in [5.74, 6) is -0.180. The van der Waals surface area contributed by atoms with Crippen LogP contribution in [-0.2, 0) is 4.74 Å². The zero-order chi connectivity index (χ0) is 16.7. The van der Waals surface area contributed by atoms with Crippen molar-refractivity contribution in [1.82, 2.24) is 0 Å². The van der Waals surface area contributed by atoms with Crippen LogP contribution in [0.15, 0.2) is 73.1 Å². The van der Waals surface area contributed by atoms with Crippen LogP contribution in [0.25, 0.3) is 11.5 Å². The van der Waals surface area contributed by atoms with Gasteiger partial charge in [-0.05, 0) is 0 Å². The van der Waals surface area contributed by atoms with E-state index in [-0.39, 0.29) is 11.5 Å². The molecule has 116 valence electrons. The fourth-order valence-corrected chi connectivity index (χ4v) is 1.83. The van der Waals surface area contributed by atoms with E-state index in [2.05, 4.69) is 0 Å². The summed E-state index contributed by atoms with van der Waals surface area (Å²) in [6, 6.07) is 16.7. The summed E-state index contributed by atoms with van der Waals surface area (Å²) in [4.78, 5) is 20.3. The molecular weight excluding hydrogens is 300 g/mol. The van der Waals surface area contributed by atoms with E-state index in [1.54, 1.807) is 60.7 Å². The van der Waals surface area contributed by atoms with Gasteiger partial charge < -0.3 is 4.74 Å². The Morgan fingerprint density at radius 3 is 1.39 bits per heavy atom. The lowest BCUT2D eigenvalue weighted by Crippen LogP contribution is -1.99. The van der Waals surface area contributed by atoms with Gasteiger partial charge in [-0.2, -0.15) is 0 Å². The zero-order valence-corrected chi connectivity index (χ0v) is 11.9. The molecule has 7 heteroatoms. The van der Waals surface area contributed by atoms with Gasteiger partial charge in [0.15, 0.2) is 0 Å². The molecule has 23 heavy (non-hydrogen) atoms. The van der Waals surface area contributed by atoms with Gasteiger partial charge in [0, 0.05) is 11.1 Å². The lowest BCUT2D eigenvalue weighted by Gasteiger charge is -2.10. The number of benzene rings is 2. The average molecular weight is 312 g/mol. The Labute approximate surface area is 131 Å². The topological polar surface area (TPSA) is 95.5 Å². The predicted molar refractivity (Wildman–Crippen MR) is 83.9 cm³/mol. The molecule has 0 amide bonds. The monoisotopic (exact) mass is 312 g/mol. The Balaban J connectivity index is 2.43. The summed E-state index contributed by atoms with van der Waals surface area (Å²) in [5.41, 5.74) is 0.878. The Hall–Kier alpha value is -3.48. The molecule has 0 aliphatic rings. The molecule has 0 saturated carbocycles. The number of nitro groups is 2. The van der Waals surface area contributed by atoms with E-state index in [0.29, 0.717) is 23.5 Å². The normalized spacial score (nSPS) is 11.8. The van der Waals surface area contributed by atoms with Gasteiger partial charge >= 0.3 is 0 Å². The van der Waals surface area contributed by atoms with Crippen LogP contribution in [0, 0.1) is 20.2 Å². The lowest BCUT2D eigenvalue weighted by molar-refractivity contribution is -0.403. The first-order valence-corrected chi connectivity index (χ1v) is 6.55. The Morgan fingerprint density at radius 2 is 1.09 bits per heavy atom. The number of hydrogen-bond acceptors (Lipinski definition) is 5. The van der Waals surface area contributed by atoms with Gasteiger partial charge in [-0.1, -0.05) is 60.7 Å². The third-order valence-corrected chi connectivity index (χ3v) is 2.78. The number of ether oxygens (including phenoxy) is 1. The molecule has 0 aromatic heterocycles. The SMILES string of the molecule is O=[N+]([O-])C=C(OC(=C[N+](=O)[O-])c1ccccc1)c1ccccc1. The minimum Gasteiger partial charge on any atom is -0.443 e. The highest BCUT2D eigenvalue weighted by atomic mass is 16.6. The molecule has 0 atom stereocenters. The molecule has 0 bridgehead atoms. The van der Waals surface area contributed by atoms with Crippen molar-refractivity contribution in [3.8, 4) is 0 Å². The molecule has 7 nitrogen and oxygen atoms in total. The largest absolute Gasteiger partial charge is 0.443 e. The smallest absolute Gasteiger partial charge is 0.277 e. The molecule has 0 aliphatic carbocycles. The van der Waals surface area contributed by atoms with Crippen molar-refractivity contribution >= 4 is 11.5 Å². The number of rotatable bonds is 6. The van der Waals surface area contributed by atoms with Crippen molar-refractivity contribution in [2.24, 2.45) is 0 Å². The van der Waals surface area contributed by atoms with Crippen LogP contribution in [-0.4, -0.2) is 9.85 Å². The number of hydrogen-bond donors (Lipinski definition) is 0. The highest BCUT2D eigenvalue weighted by Gasteiger charge is 2.15. The molecular formula is C16H12N2O5. The molecule has 0 N–H and O–H groups in total. The molecule has 2 aromatic carbocycles. The van der Waals surface area contributed by atoms with Crippen LogP contribution in [0.3, 0.4) is 0 Å². The van der Waals surface area contributed by atoms with Crippen molar-refractivity contribution < 1.29 is 14.6 Å². The second kappa shape index (κ2) is 7.51. The highest BCUT2D eigenvalue weighted by Crippen LogP contribution is 2.25. The second-order valence-corrected chi connectivity index (χ2v) is 4.39. The van der Waals surface area contributed by atoms with Crippen LogP contribution in [0.2, 0.25) is 0 Å². The van der Waals surface area contributed by atoms with Crippen LogP contribution < -0.4 is 0 Å². The van der Waals surface area contributed by atoms with Gasteiger partial charge in [0.05, 0.1) is 9.85 Å². The van der Waals surface area contributed by atoms with Crippen LogP contribution >= 0.6 is 0 Å². The molecule has 0 saturated heterocycles. The van der Waals surface area contributed by atoms with Crippen molar-refractivity contribution in [1.29, 1.82) is 0 Å². The third-order valence-electron chi connectivity index (χ3n) is 2.78. The Bertz CT molecular complexity index is 689. The van der Waals surface area contributed by atoms with Crippen LogP contribution in [0.1, 0.15) is 11.1 Å². The molecule has 0 unspecified atom stereocenters. The van der Waals surface area contributed by atoms with E-state index < -0.39 is 9.85 Å². The van der Waals surface area contributed by atoms with Gasteiger partial charge in [0.2, 0.25) is 11.5 Å². The van der Waals surface area contributed by atoms with Gasteiger partial charge in [-0.25, -0.2) is 0 Å². The molecule has 0 heterocycles. The standard InChI is InChI=1S/C16H12N2O5/c19-17(20)11-15(13-7-3-1-4-8-13)23-16(12-18(21)22)14-9-5-2-6-10-14/h1-12H. The summed E-state index contributed by atoms with van der Waals surface area (Å²) in [7, 11) is 0. The predicted octanol–water partition coefficient (Wildman–Crippen LogP) is 3.55. The van der Waals surface area contributed by atoms with Crippen molar-refractivity contribution in [3.63, 3.8) is 0 Å². The van der Waals surface area contributed by atoms with E-state index in [9.17, 15) is 20.2 Å². The minimum atomic E-state index is -0.670. The Morgan fingerprint density at radius 1 is 0.739 bits per heavy atom. The van der Waals surface area contributed by atoms with Crippen molar-refractivity contribution in [2.75, 3.05) is 0 Å². The van der Waals surface area contributed by atoms with E-state index in [1.165, 1.54) is 0 Å². The first-order chi connectivity index (χ1) is 11.1. The minimum absolute atomic E-state index is 0.0902. The van der Waals surface area contributed by atoms with Gasteiger partial charge in [0.25, 0.3) is 12.4 Å². The van der Waals surface area contributed by atoms with Gasteiger partial charge in [0.1, 0.15) is 0 Å². The molecule has 0 spiro atoms. The van der Waals surface area contributed by atoms with E-state index in [4.69, 9.17) is 4.74 Å².